The molecule has 4 N–H and O–H groups in total. The van der Waals surface area contributed by atoms with E-state index in [1.165, 1.54) is 29.3 Å². The predicted molar refractivity (Wildman–Crippen MR) is 124 cm³/mol. The molecule has 4 rings (SSSR count). The Hall–Kier alpha value is -3.92. The summed E-state index contributed by atoms with van der Waals surface area (Å²) >= 11 is 0. The van der Waals surface area contributed by atoms with Crippen LogP contribution in [0.1, 0.15) is 41.4 Å². The maximum absolute atomic E-state index is 15.5. The highest BCUT2D eigenvalue weighted by molar-refractivity contribution is 6.00. The normalized spacial score (nSPS) is 13.6. The molecule has 182 valence electrons. The highest BCUT2D eigenvalue weighted by Gasteiger charge is 2.33. The molecule has 0 saturated heterocycles. The number of benzene rings is 2. The zero-order valence-electron chi connectivity index (χ0n) is 19.0. The molecular formula is C25H23F3N4O3. The van der Waals surface area contributed by atoms with Gasteiger partial charge < -0.3 is 21.1 Å². The molecule has 1 aromatic heterocycles. The Bertz CT molecular complexity index is 1310. The van der Waals surface area contributed by atoms with Gasteiger partial charge in [0, 0.05) is 47.2 Å². The first-order valence-electron chi connectivity index (χ1n) is 10.9. The summed E-state index contributed by atoms with van der Waals surface area (Å²) in [5.74, 6) is -3.72. The number of halogens is 3. The molecule has 1 atom stereocenters. The molecule has 1 aliphatic rings. The van der Waals surface area contributed by atoms with Crippen molar-refractivity contribution in [3.8, 4) is 11.1 Å². The summed E-state index contributed by atoms with van der Waals surface area (Å²) in [5, 5.41) is 13.1. The lowest BCUT2D eigenvalue weighted by molar-refractivity contribution is -0.126. The van der Waals surface area contributed by atoms with E-state index in [4.69, 9.17) is 5.73 Å². The van der Waals surface area contributed by atoms with E-state index >= 15 is 4.39 Å². The van der Waals surface area contributed by atoms with Crippen LogP contribution < -0.4 is 16.0 Å². The maximum atomic E-state index is 15.5. The van der Waals surface area contributed by atoms with E-state index in [0.29, 0.717) is 11.6 Å². The van der Waals surface area contributed by atoms with Crippen molar-refractivity contribution < 1.29 is 27.9 Å². The maximum Gasteiger partial charge on any atom is 0.260 e. The predicted octanol–water partition coefficient (Wildman–Crippen LogP) is 3.51. The molecule has 2 heterocycles. The van der Waals surface area contributed by atoms with Crippen LogP contribution in [0.25, 0.3) is 11.1 Å². The molecule has 0 saturated carbocycles. The molecule has 0 unspecified atom stereocenters. The molecule has 7 nitrogen and oxygen atoms in total. The number of amides is 2. The van der Waals surface area contributed by atoms with E-state index in [2.05, 4.69) is 10.3 Å². The number of nitrogens with zero attached hydrogens (tertiary/aromatic N) is 2. The summed E-state index contributed by atoms with van der Waals surface area (Å²) in [6.07, 6.45) is -0.308. The van der Waals surface area contributed by atoms with Gasteiger partial charge in [-0.3, -0.25) is 9.59 Å². The molecule has 3 aromatic rings. The second-order valence-electron chi connectivity index (χ2n) is 8.55. The van der Waals surface area contributed by atoms with Crippen molar-refractivity contribution in [1.29, 1.82) is 0 Å². The average molecular weight is 484 g/mol. The molecule has 2 aromatic carbocycles. The smallest absolute Gasteiger partial charge is 0.260 e. The van der Waals surface area contributed by atoms with Crippen LogP contribution in [0.3, 0.4) is 0 Å². The Kier molecular flexibility index (Phi) is 6.49. The summed E-state index contributed by atoms with van der Waals surface area (Å²) < 4.78 is 42.6. The number of rotatable bonds is 5. The van der Waals surface area contributed by atoms with Crippen molar-refractivity contribution in [3.63, 3.8) is 0 Å². The average Bonchev–Trinajstić information content (AvgIpc) is 3.22. The number of anilines is 2. The molecule has 0 fully saturated rings. The van der Waals surface area contributed by atoms with Crippen LogP contribution in [-0.2, 0) is 11.2 Å². The Morgan fingerprint density at radius 2 is 1.80 bits per heavy atom. The fraction of sp³-hybridized carbons (Fsp3) is 0.240. The lowest BCUT2D eigenvalue weighted by Gasteiger charge is -2.21. The summed E-state index contributed by atoms with van der Waals surface area (Å²) in [4.78, 5) is 30.5. The van der Waals surface area contributed by atoms with E-state index in [9.17, 15) is 23.5 Å². The van der Waals surface area contributed by atoms with Crippen LogP contribution in [0.4, 0.5) is 24.7 Å². The van der Waals surface area contributed by atoms with E-state index in [-0.39, 0.29) is 52.8 Å². The van der Waals surface area contributed by atoms with Crippen molar-refractivity contribution in [3.05, 3.63) is 76.7 Å². The van der Waals surface area contributed by atoms with Crippen molar-refractivity contribution in [2.75, 3.05) is 17.2 Å². The van der Waals surface area contributed by atoms with Crippen molar-refractivity contribution in [2.24, 2.45) is 0 Å². The third kappa shape index (κ3) is 4.69. The molecule has 0 bridgehead atoms. The Balaban J connectivity index is 1.65. The summed E-state index contributed by atoms with van der Waals surface area (Å²) in [5.41, 5.74) is 6.68. The van der Waals surface area contributed by atoms with Crippen LogP contribution in [-0.4, -0.2) is 34.5 Å². The second-order valence-corrected chi connectivity index (χ2v) is 8.55. The minimum Gasteiger partial charge on any atom is -0.383 e. The number of nitrogens with one attached hydrogen (secondary N) is 1. The van der Waals surface area contributed by atoms with E-state index < -0.39 is 35.4 Å². The molecule has 0 aliphatic carbocycles. The monoisotopic (exact) mass is 484 g/mol. The van der Waals surface area contributed by atoms with Gasteiger partial charge in [-0.05, 0) is 56.2 Å². The number of nitrogen functional groups attached to an aromatic ring is 1. The standard InChI is InChI=1S/C25H23F3N4O3/c1-12(2)31-24(34)19-9-14(11-30-23(19)29)17-3-4-20-18(21(17)28)5-6-32(20)25(35)22(33)13-7-15(26)10-16(27)8-13/h3-4,7-12,22,33H,5-6H2,1-2H3,(H2,29,30)(H,31,34)/t22-/m1/s1. The SMILES string of the molecule is CC(C)NC(=O)c1cc(-c2ccc3c(c2F)CCN3C(=O)[C@H](O)c2cc(F)cc(F)c2)cnc1N. The quantitative estimate of drug-likeness (QED) is 0.514. The second kappa shape index (κ2) is 9.38. The number of carbonyl (C=O) groups is 2. The van der Waals surface area contributed by atoms with Gasteiger partial charge in [-0.15, -0.1) is 0 Å². The number of carbonyl (C=O) groups excluding carboxylic acids is 2. The summed E-state index contributed by atoms with van der Waals surface area (Å²) in [6, 6.07) is 6.64. The molecule has 2 amide bonds. The zero-order chi connectivity index (χ0) is 25.4. The summed E-state index contributed by atoms with van der Waals surface area (Å²) in [6.45, 7) is 3.66. The molecular weight excluding hydrogens is 461 g/mol. The van der Waals surface area contributed by atoms with Crippen LogP contribution in [0.5, 0.6) is 0 Å². The molecule has 1 aliphatic heterocycles. The van der Waals surface area contributed by atoms with Gasteiger partial charge in [-0.1, -0.05) is 0 Å². The van der Waals surface area contributed by atoms with Gasteiger partial charge in [-0.25, -0.2) is 18.2 Å². The number of fused-ring (bicyclic) bond motifs is 1. The van der Waals surface area contributed by atoms with E-state index in [0.717, 1.165) is 12.1 Å². The lowest BCUT2D eigenvalue weighted by atomic mass is 10.00. The van der Waals surface area contributed by atoms with Gasteiger partial charge in [0.25, 0.3) is 11.8 Å². The van der Waals surface area contributed by atoms with Gasteiger partial charge in [0.2, 0.25) is 0 Å². The number of aromatic nitrogens is 1. The Labute approximate surface area is 199 Å². The minimum absolute atomic E-state index is 0.00742. The zero-order valence-corrected chi connectivity index (χ0v) is 19.0. The van der Waals surface area contributed by atoms with Gasteiger partial charge in [0.05, 0.1) is 5.56 Å². The van der Waals surface area contributed by atoms with Gasteiger partial charge >= 0.3 is 0 Å². The number of aliphatic hydroxyl groups is 1. The van der Waals surface area contributed by atoms with Gasteiger partial charge in [-0.2, -0.15) is 0 Å². The van der Waals surface area contributed by atoms with Crippen molar-refractivity contribution >= 4 is 23.3 Å². The van der Waals surface area contributed by atoms with Crippen LogP contribution in [0, 0.1) is 17.5 Å². The molecule has 35 heavy (non-hydrogen) atoms. The minimum atomic E-state index is -1.82. The Morgan fingerprint density at radius 1 is 1.11 bits per heavy atom. The molecule has 10 heteroatoms. The topological polar surface area (TPSA) is 109 Å². The highest BCUT2D eigenvalue weighted by atomic mass is 19.1. The first-order chi connectivity index (χ1) is 16.6. The first kappa shape index (κ1) is 24.2. The van der Waals surface area contributed by atoms with E-state index in [1.807, 2.05) is 0 Å². The fourth-order valence-electron chi connectivity index (χ4n) is 4.07. The van der Waals surface area contributed by atoms with Crippen LogP contribution in [0.15, 0.2) is 42.6 Å². The number of aliphatic hydroxyl groups excluding tert-OH is 1. The number of nitrogens with two attached hydrogens (primary N) is 1. The van der Waals surface area contributed by atoms with E-state index in [1.54, 1.807) is 13.8 Å². The van der Waals surface area contributed by atoms with Gasteiger partial charge in [0.1, 0.15) is 23.3 Å². The van der Waals surface area contributed by atoms with Gasteiger partial charge in [0.15, 0.2) is 6.10 Å². The third-order valence-corrected chi connectivity index (χ3v) is 5.69. The highest BCUT2D eigenvalue weighted by Crippen LogP contribution is 2.37. The lowest BCUT2D eigenvalue weighted by Crippen LogP contribution is -2.33. The molecule has 0 spiro atoms. The number of pyridine rings is 1. The Morgan fingerprint density at radius 3 is 2.46 bits per heavy atom. The first-order valence-corrected chi connectivity index (χ1v) is 10.9. The van der Waals surface area contributed by atoms with Crippen LogP contribution >= 0.6 is 0 Å². The molecule has 0 radical (unpaired) electrons. The fourth-order valence-corrected chi connectivity index (χ4v) is 4.07. The van der Waals surface area contributed by atoms with Crippen molar-refractivity contribution in [1.82, 2.24) is 10.3 Å². The van der Waals surface area contributed by atoms with Crippen LogP contribution in [0.2, 0.25) is 0 Å². The van der Waals surface area contributed by atoms with Crippen molar-refractivity contribution in [2.45, 2.75) is 32.4 Å². The number of hydrogen-bond acceptors (Lipinski definition) is 5. The number of hydrogen-bond donors (Lipinski definition) is 3. The third-order valence-electron chi connectivity index (χ3n) is 5.69. The largest absolute Gasteiger partial charge is 0.383 e. The summed E-state index contributed by atoms with van der Waals surface area (Å²) in [7, 11) is 0.